The molecule has 3 rings (SSSR count). The van der Waals surface area contributed by atoms with Gasteiger partial charge in [-0.3, -0.25) is 9.59 Å². The van der Waals surface area contributed by atoms with Crippen LogP contribution >= 0.6 is 0 Å². The van der Waals surface area contributed by atoms with Gasteiger partial charge >= 0.3 is 5.97 Å². The van der Waals surface area contributed by atoms with Gasteiger partial charge in [-0.15, -0.1) is 0 Å². The fourth-order valence-corrected chi connectivity index (χ4v) is 4.18. The molecule has 1 fully saturated rings. The smallest absolute Gasteiger partial charge is 0.310 e. The normalized spacial score (nSPS) is 16.7. The van der Waals surface area contributed by atoms with Crippen LogP contribution in [0.15, 0.2) is 24.3 Å². The largest absolute Gasteiger partial charge is 0.466 e. The van der Waals surface area contributed by atoms with Gasteiger partial charge in [0.2, 0.25) is 0 Å². The molecule has 0 aliphatic carbocycles. The summed E-state index contributed by atoms with van der Waals surface area (Å²) in [6.07, 6.45) is 2.30. The summed E-state index contributed by atoms with van der Waals surface area (Å²) >= 11 is 0. The zero-order valence-electron chi connectivity index (χ0n) is 18.8. The zero-order valence-corrected chi connectivity index (χ0v) is 18.8. The van der Waals surface area contributed by atoms with Crippen molar-refractivity contribution in [2.45, 2.75) is 53.9 Å². The first kappa shape index (κ1) is 22.1. The third kappa shape index (κ3) is 4.58. The second-order valence-corrected chi connectivity index (χ2v) is 8.55. The maximum atomic E-state index is 13.6. The van der Waals surface area contributed by atoms with Crippen molar-refractivity contribution in [3.63, 3.8) is 0 Å². The molecular formula is C24H33N3O3. The number of nitrogens with zero attached hydrogens (tertiary/aromatic N) is 3. The van der Waals surface area contributed by atoms with E-state index in [4.69, 9.17) is 9.84 Å². The van der Waals surface area contributed by atoms with E-state index in [1.54, 1.807) is 4.90 Å². The topological polar surface area (TPSA) is 64.4 Å². The highest BCUT2D eigenvalue weighted by atomic mass is 16.5. The van der Waals surface area contributed by atoms with Crippen LogP contribution in [-0.2, 0) is 16.0 Å². The summed E-state index contributed by atoms with van der Waals surface area (Å²) in [4.78, 5) is 27.6. The van der Waals surface area contributed by atoms with Crippen molar-refractivity contribution in [2.75, 3.05) is 19.7 Å². The number of hydrogen-bond acceptors (Lipinski definition) is 4. The molecule has 2 aromatic rings. The van der Waals surface area contributed by atoms with Crippen molar-refractivity contribution in [3.8, 4) is 5.69 Å². The number of rotatable bonds is 6. The molecule has 0 N–H and O–H groups in total. The highest BCUT2D eigenvalue weighted by molar-refractivity contribution is 5.97. The number of carbonyl (C=O) groups is 2. The van der Waals surface area contributed by atoms with Gasteiger partial charge in [-0.25, -0.2) is 4.68 Å². The first-order valence-corrected chi connectivity index (χ1v) is 10.9. The molecular weight excluding hydrogens is 378 g/mol. The van der Waals surface area contributed by atoms with E-state index in [2.05, 4.69) is 26.8 Å². The summed E-state index contributed by atoms with van der Waals surface area (Å²) in [5.74, 6) is -0.102. The highest BCUT2D eigenvalue weighted by Crippen LogP contribution is 2.26. The van der Waals surface area contributed by atoms with Crippen LogP contribution in [0.25, 0.3) is 5.69 Å². The molecule has 0 spiro atoms. The lowest BCUT2D eigenvalue weighted by molar-refractivity contribution is -0.149. The Morgan fingerprint density at radius 2 is 1.97 bits per heavy atom. The van der Waals surface area contributed by atoms with Gasteiger partial charge < -0.3 is 9.64 Å². The number of piperidine rings is 1. The summed E-state index contributed by atoms with van der Waals surface area (Å²) in [6, 6.07) is 8.07. The average Bonchev–Trinajstić information content (AvgIpc) is 3.03. The minimum atomic E-state index is -0.247. The number of amides is 1. The van der Waals surface area contributed by atoms with E-state index in [0.717, 1.165) is 41.9 Å². The molecule has 1 aliphatic heterocycles. The van der Waals surface area contributed by atoms with E-state index >= 15 is 0 Å². The van der Waals surface area contributed by atoms with Gasteiger partial charge in [-0.1, -0.05) is 32.0 Å². The first-order chi connectivity index (χ1) is 14.3. The minimum absolute atomic E-state index is 0.0306. The number of hydrogen-bond donors (Lipinski definition) is 0. The molecule has 1 amide bonds. The predicted molar refractivity (Wildman–Crippen MR) is 117 cm³/mol. The maximum absolute atomic E-state index is 13.6. The van der Waals surface area contributed by atoms with Crippen molar-refractivity contribution in [1.82, 2.24) is 14.7 Å². The van der Waals surface area contributed by atoms with E-state index in [9.17, 15) is 9.59 Å². The van der Waals surface area contributed by atoms with Crippen molar-refractivity contribution in [3.05, 3.63) is 46.8 Å². The number of aryl methyl sites for hydroxylation is 1. The van der Waals surface area contributed by atoms with Gasteiger partial charge in [0, 0.05) is 13.1 Å². The Kier molecular flexibility index (Phi) is 6.95. The van der Waals surface area contributed by atoms with Gasteiger partial charge in [0.25, 0.3) is 5.91 Å². The van der Waals surface area contributed by atoms with Crippen LogP contribution < -0.4 is 0 Å². The van der Waals surface area contributed by atoms with E-state index in [1.807, 2.05) is 36.7 Å². The third-order valence-electron chi connectivity index (χ3n) is 5.68. The molecule has 0 saturated carbocycles. The summed E-state index contributed by atoms with van der Waals surface area (Å²) in [7, 11) is 0. The van der Waals surface area contributed by atoms with E-state index in [-0.39, 0.29) is 17.8 Å². The Balaban J connectivity index is 1.96. The van der Waals surface area contributed by atoms with Gasteiger partial charge in [-0.05, 0) is 57.6 Å². The Hall–Kier alpha value is -2.63. The van der Waals surface area contributed by atoms with Crippen molar-refractivity contribution in [2.24, 2.45) is 11.8 Å². The average molecular weight is 412 g/mol. The SMILES string of the molecule is CCOC(=O)[C@@H]1CCCN(C(=O)c2c(CC(C)C)nn(-c3ccccc3C)c2C)C1. The number of aromatic nitrogens is 2. The third-order valence-corrected chi connectivity index (χ3v) is 5.68. The molecule has 0 radical (unpaired) electrons. The Morgan fingerprint density at radius 3 is 2.63 bits per heavy atom. The first-order valence-electron chi connectivity index (χ1n) is 10.9. The molecule has 1 aliphatic rings. The van der Waals surface area contributed by atoms with Crippen LogP contribution in [-0.4, -0.2) is 46.3 Å². The molecule has 6 heteroatoms. The fraction of sp³-hybridized carbons (Fsp3) is 0.542. The van der Waals surface area contributed by atoms with Gasteiger partial charge in [0.1, 0.15) is 0 Å². The lowest BCUT2D eigenvalue weighted by atomic mass is 9.96. The molecule has 162 valence electrons. The Labute approximate surface area is 179 Å². The van der Waals surface area contributed by atoms with Gasteiger partial charge in [0.05, 0.1) is 35.2 Å². The van der Waals surface area contributed by atoms with Crippen molar-refractivity contribution >= 4 is 11.9 Å². The van der Waals surface area contributed by atoms with Crippen LogP contribution in [0.5, 0.6) is 0 Å². The Morgan fingerprint density at radius 1 is 1.23 bits per heavy atom. The van der Waals surface area contributed by atoms with Crippen molar-refractivity contribution in [1.29, 1.82) is 0 Å². The predicted octanol–water partition coefficient (Wildman–Crippen LogP) is 4.10. The van der Waals surface area contributed by atoms with Crippen LogP contribution in [0.3, 0.4) is 0 Å². The molecule has 0 bridgehead atoms. The number of likely N-dealkylation sites (tertiary alicyclic amines) is 1. The summed E-state index contributed by atoms with van der Waals surface area (Å²) < 4.78 is 7.09. The standard InChI is InChI=1S/C24H33N3O3/c1-6-30-24(29)19-11-9-13-26(15-19)23(28)22-18(5)27(25-20(22)14-16(2)3)21-12-8-7-10-17(21)4/h7-8,10,12,16,19H,6,9,11,13-15H2,1-5H3/t19-/m1/s1. The quantitative estimate of drug-likeness (QED) is 0.671. The molecule has 1 saturated heterocycles. The molecule has 1 atom stereocenters. The summed E-state index contributed by atoms with van der Waals surface area (Å²) in [5.41, 5.74) is 4.45. The number of ether oxygens (including phenoxy) is 1. The zero-order chi connectivity index (χ0) is 21.8. The highest BCUT2D eigenvalue weighted by Gasteiger charge is 2.33. The summed E-state index contributed by atoms with van der Waals surface area (Å²) in [6.45, 7) is 11.5. The van der Waals surface area contributed by atoms with Gasteiger partial charge in [0.15, 0.2) is 0 Å². The lowest BCUT2D eigenvalue weighted by Gasteiger charge is -2.31. The van der Waals surface area contributed by atoms with E-state index in [1.165, 1.54) is 0 Å². The molecule has 30 heavy (non-hydrogen) atoms. The number of carbonyl (C=O) groups excluding carboxylic acids is 2. The monoisotopic (exact) mass is 411 g/mol. The molecule has 0 unspecified atom stereocenters. The molecule has 2 heterocycles. The second kappa shape index (κ2) is 9.45. The summed E-state index contributed by atoms with van der Waals surface area (Å²) in [5, 5.41) is 4.86. The van der Waals surface area contributed by atoms with Crippen molar-refractivity contribution < 1.29 is 14.3 Å². The molecule has 1 aromatic heterocycles. The van der Waals surface area contributed by atoms with Gasteiger partial charge in [-0.2, -0.15) is 5.10 Å². The van der Waals surface area contributed by atoms with Crippen LogP contribution in [0, 0.1) is 25.7 Å². The maximum Gasteiger partial charge on any atom is 0.310 e. The lowest BCUT2D eigenvalue weighted by Crippen LogP contribution is -2.43. The number of para-hydroxylation sites is 1. The fourth-order valence-electron chi connectivity index (χ4n) is 4.18. The van der Waals surface area contributed by atoms with E-state index < -0.39 is 0 Å². The number of benzene rings is 1. The number of esters is 1. The van der Waals surface area contributed by atoms with E-state index in [0.29, 0.717) is 31.2 Å². The Bertz CT molecular complexity index is 916. The van der Waals surface area contributed by atoms with Crippen LogP contribution in [0.4, 0.5) is 0 Å². The molecule has 1 aromatic carbocycles. The molecule has 6 nitrogen and oxygen atoms in total. The minimum Gasteiger partial charge on any atom is -0.466 e. The van der Waals surface area contributed by atoms with Crippen LogP contribution in [0.1, 0.15) is 60.9 Å². The van der Waals surface area contributed by atoms with Crippen LogP contribution in [0.2, 0.25) is 0 Å². The second-order valence-electron chi connectivity index (χ2n) is 8.55.